The number of rotatable bonds is 7. The summed E-state index contributed by atoms with van der Waals surface area (Å²) in [6.07, 6.45) is 0. The Labute approximate surface area is 384 Å². The van der Waals surface area contributed by atoms with Crippen molar-refractivity contribution >= 4 is 59.0 Å². The van der Waals surface area contributed by atoms with E-state index in [1.165, 1.54) is 20.2 Å². The Morgan fingerprint density at radius 3 is 1.55 bits per heavy atom. The smallest absolute Gasteiger partial charge is 0.187 e. The molecule has 0 aliphatic carbocycles. The quantitative estimate of drug-likeness (QED) is 0.150. The Bertz CT molecular complexity index is 3760. The van der Waals surface area contributed by atoms with E-state index < -0.39 is 0 Å². The first-order valence-corrected chi connectivity index (χ1v) is 22.4. The van der Waals surface area contributed by atoms with Crippen LogP contribution in [0.25, 0.3) is 120 Å². The van der Waals surface area contributed by atoms with E-state index >= 15 is 0 Å². The zero-order valence-corrected chi connectivity index (χ0v) is 36.0. The third-order valence-corrected chi connectivity index (χ3v) is 13.5. The molecule has 0 saturated heterocycles. The lowest BCUT2D eigenvalue weighted by molar-refractivity contribution is 1.06. The fraction of sp³-hybridized carbons (Fsp3) is 0. The second kappa shape index (κ2) is 16.0. The fourth-order valence-electron chi connectivity index (χ4n) is 9.03. The number of fused-ring (bicyclic) bond motifs is 6. The van der Waals surface area contributed by atoms with Crippen LogP contribution in [-0.2, 0) is 0 Å². The van der Waals surface area contributed by atoms with Gasteiger partial charge in [-0.25, -0.2) is 19.8 Å². The zero-order chi connectivity index (χ0) is 44.1. The summed E-state index contributed by atoms with van der Waals surface area (Å²) in [5.74, 6) is 1.71. The molecule has 6 nitrogen and oxygen atoms in total. The van der Waals surface area contributed by atoms with E-state index in [1.807, 2.05) is 121 Å². The number of thiophene rings is 1. The molecule has 0 radical (unpaired) electrons. The summed E-state index contributed by atoms with van der Waals surface area (Å²) in [5.41, 5.74) is 13.0. The van der Waals surface area contributed by atoms with Crippen molar-refractivity contribution in [3.8, 4) is 79.3 Å². The van der Waals surface area contributed by atoms with E-state index in [-0.39, 0.29) is 0 Å². The molecule has 12 aromatic rings. The van der Waals surface area contributed by atoms with Gasteiger partial charge >= 0.3 is 0 Å². The van der Waals surface area contributed by atoms with Gasteiger partial charge in [-0.2, -0.15) is 5.26 Å². The maximum Gasteiger partial charge on any atom is 0.187 e. The standard InChI is InChI=1S/C59H34N6S/c1-61-46-26-20-39(21-27-46)45-23-29-48-47-28-22-44(38-18-16-37(36-60)17-19-38)34-53(47)65(54(48)35-45)52-30-24-42(43-25-31-56-50(32-43)49-14-8-9-15-55(49)66-56)33-51(52)59-63-57(40-10-4-2-5-11-40)62-58(64-59)41-12-6-3-7-13-41/h2-35H. The van der Waals surface area contributed by atoms with Crippen molar-refractivity contribution < 1.29 is 0 Å². The van der Waals surface area contributed by atoms with Crippen molar-refractivity contribution in [3.63, 3.8) is 0 Å². The van der Waals surface area contributed by atoms with Gasteiger partial charge in [0, 0.05) is 47.6 Å². The third-order valence-electron chi connectivity index (χ3n) is 12.3. The number of aromatic nitrogens is 4. The minimum absolute atomic E-state index is 0.547. The van der Waals surface area contributed by atoms with Crippen molar-refractivity contribution in [2.24, 2.45) is 0 Å². The van der Waals surface area contributed by atoms with E-state index in [2.05, 4.69) is 113 Å². The minimum atomic E-state index is 0.547. The predicted octanol–water partition coefficient (Wildman–Crippen LogP) is 15.8. The highest BCUT2D eigenvalue weighted by Gasteiger charge is 2.22. The molecule has 0 atom stereocenters. The summed E-state index contributed by atoms with van der Waals surface area (Å²) in [6.45, 7) is 7.55. The van der Waals surface area contributed by atoms with Gasteiger partial charge in [-0.3, -0.25) is 0 Å². The Morgan fingerprint density at radius 1 is 0.424 bits per heavy atom. The van der Waals surface area contributed by atoms with Crippen molar-refractivity contribution in [3.05, 3.63) is 223 Å². The van der Waals surface area contributed by atoms with E-state index in [0.29, 0.717) is 28.7 Å². The molecule has 9 aromatic carbocycles. The second-order valence-electron chi connectivity index (χ2n) is 16.2. The maximum atomic E-state index is 9.59. The summed E-state index contributed by atoms with van der Waals surface area (Å²) < 4.78 is 4.86. The Morgan fingerprint density at radius 2 is 0.924 bits per heavy atom. The first-order valence-electron chi connectivity index (χ1n) is 21.6. The summed E-state index contributed by atoms with van der Waals surface area (Å²) in [7, 11) is 0. The van der Waals surface area contributed by atoms with E-state index in [1.54, 1.807) is 0 Å². The van der Waals surface area contributed by atoms with Crippen LogP contribution in [0.4, 0.5) is 5.69 Å². The number of nitriles is 1. The summed E-state index contributed by atoms with van der Waals surface area (Å²) in [5, 5.41) is 14.2. The largest absolute Gasteiger partial charge is 0.308 e. The molecule has 66 heavy (non-hydrogen) atoms. The second-order valence-corrected chi connectivity index (χ2v) is 17.3. The molecule has 3 aromatic heterocycles. The Hall–Kier alpha value is -9.01. The number of hydrogen-bond acceptors (Lipinski definition) is 5. The van der Waals surface area contributed by atoms with Gasteiger partial charge in [0.05, 0.1) is 34.9 Å². The molecule has 0 aliphatic heterocycles. The molecule has 3 heterocycles. The first-order chi connectivity index (χ1) is 32.6. The normalized spacial score (nSPS) is 11.3. The van der Waals surface area contributed by atoms with Crippen LogP contribution in [0, 0.1) is 17.9 Å². The summed E-state index contributed by atoms with van der Waals surface area (Å²) >= 11 is 1.81. The van der Waals surface area contributed by atoms with Gasteiger partial charge < -0.3 is 4.57 Å². The summed E-state index contributed by atoms with van der Waals surface area (Å²) in [6, 6.07) is 73.1. The minimum Gasteiger partial charge on any atom is -0.308 e. The van der Waals surface area contributed by atoms with Gasteiger partial charge in [0.2, 0.25) is 0 Å². The lowest BCUT2D eigenvalue weighted by atomic mass is 9.99. The van der Waals surface area contributed by atoms with Gasteiger partial charge in [-0.1, -0.05) is 152 Å². The van der Waals surface area contributed by atoms with Gasteiger partial charge in [0.1, 0.15) is 0 Å². The van der Waals surface area contributed by atoms with Crippen molar-refractivity contribution in [2.45, 2.75) is 0 Å². The van der Waals surface area contributed by atoms with Gasteiger partial charge in [0.15, 0.2) is 23.2 Å². The van der Waals surface area contributed by atoms with E-state index in [0.717, 1.165) is 77.6 Å². The molecule has 0 unspecified atom stereocenters. The molecule has 0 saturated carbocycles. The van der Waals surface area contributed by atoms with Crippen LogP contribution in [0.5, 0.6) is 0 Å². The molecule has 0 N–H and O–H groups in total. The molecule has 0 aliphatic rings. The third kappa shape index (κ3) is 6.76. The van der Waals surface area contributed by atoms with Crippen LogP contribution in [0.2, 0.25) is 0 Å². The van der Waals surface area contributed by atoms with Crippen LogP contribution >= 0.6 is 11.3 Å². The molecular formula is C59H34N6S. The number of benzene rings is 9. The van der Waals surface area contributed by atoms with Gasteiger partial charge in [-0.15, -0.1) is 11.3 Å². The highest BCUT2D eigenvalue weighted by atomic mass is 32.1. The van der Waals surface area contributed by atoms with Crippen molar-refractivity contribution in [2.75, 3.05) is 0 Å². The van der Waals surface area contributed by atoms with Gasteiger partial charge in [0.25, 0.3) is 0 Å². The van der Waals surface area contributed by atoms with Crippen LogP contribution in [-0.4, -0.2) is 19.5 Å². The maximum absolute atomic E-state index is 9.59. The monoisotopic (exact) mass is 858 g/mol. The van der Waals surface area contributed by atoms with E-state index in [9.17, 15) is 5.26 Å². The van der Waals surface area contributed by atoms with E-state index in [4.69, 9.17) is 21.5 Å². The Kier molecular flexibility index (Phi) is 9.35. The SMILES string of the molecule is [C-]#[N+]c1ccc(-c2ccc3c4ccc(-c5ccc(C#N)cc5)cc4n(-c4ccc(-c5ccc6sc7ccccc7c6c5)cc4-c4nc(-c5ccccc5)nc(-c5ccccc5)n4)c3c2)cc1. The first kappa shape index (κ1) is 38.6. The molecular weight excluding hydrogens is 825 g/mol. The zero-order valence-electron chi connectivity index (χ0n) is 35.2. The lowest BCUT2D eigenvalue weighted by Crippen LogP contribution is -2.04. The number of nitrogens with zero attached hydrogens (tertiary/aromatic N) is 6. The predicted molar refractivity (Wildman–Crippen MR) is 271 cm³/mol. The molecule has 0 amide bonds. The average Bonchev–Trinajstić information content (AvgIpc) is 3.93. The highest BCUT2D eigenvalue weighted by molar-refractivity contribution is 7.25. The summed E-state index contributed by atoms with van der Waals surface area (Å²) in [4.78, 5) is 19.4. The molecule has 0 spiro atoms. The van der Waals surface area contributed by atoms with Gasteiger partial charge in [-0.05, 0) is 88.0 Å². The topological polar surface area (TPSA) is 71.8 Å². The molecule has 12 rings (SSSR count). The molecule has 306 valence electrons. The van der Waals surface area contributed by atoms with Crippen LogP contribution in [0.3, 0.4) is 0 Å². The molecule has 0 fully saturated rings. The lowest BCUT2D eigenvalue weighted by Gasteiger charge is -2.17. The van der Waals surface area contributed by atoms with Crippen LogP contribution in [0.15, 0.2) is 206 Å². The highest BCUT2D eigenvalue weighted by Crippen LogP contribution is 2.42. The fourth-order valence-corrected chi connectivity index (χ4v) is 10.1. The van der Waals surface area contributed by atoms with Crippen molar-refractivity contribution in [1.29, 1.82) is 5.26 Å². The van der Waals surface area contributed by atoms with Crippen LogP contribution < -0.4 is 0 Å². The van der Waals surface area contributed by atoms with Crippen LogP contribution in [0.1, 0.15) is 5.56 Å². The average molecular weight is 859 g/mol. The molecule has 7 heteroatoms. The molecule has 0 bridgehead atoms. The number of hydrogen-bond donors (Lipinski definition) is 0. The van der Waals surface area contributed by atoms with Crippen molar-refractivity contribution in [1.82, 2.24) is 19.5 Å². The Balaban J connectivity index is 1.16.